The van der Waals surface area contributed by atoms with Gasteiger partial charge in [0.2, 0.25) is 0 Å². The Morgan fingerprint density at radius 2 is 1.70 bits per heavy atom. The van der Waals surface area contributed by atoms with Crippen molar-refractivity contribution in [1.82, 2.24) is 0 Å². The first-order valence-electron chi connectivity index (χ1n) is 8.37. The van der Waals surface area contributed by atoms with Gasteiger partial charge in [-0.15, -0.1) is 0 Å². The van der Waals surface area contributed by atoms with Crippen LogP contribution in [-0.2, 0) is 27.7 Å². The Balaban J connectivity index is 0.00000132. The van der Waals surface area contributed by atoms with Gasteiger partial charge in [0.05, 0.1) is 0 Å². The van der Waals surface area contributed by atoms with Crippen molar-refractivity contribution in [3.8, 4) is 0 Å². The minimum atomic E-state index is -0.648. The average molecular weight is 393 g/mol. The normalized spacial score (nSPS) is 23.2. The zero-order chi connectivity index (χ0) is 15.0. The molecule has 0 N–H and O–H groups in total. The van der Waals surface area contributed by atoms with Gasteiger partial charge in [-0.3, -0.25) is 0 Å². The molecule has 0 heterocycles. The summed E-state index contributed by atoms with van der Waals surface area (Å²) in [5, 5.41) is 0. The molecule has 0 fully saturated rings. The molecule has 0 saturated heterocycles. The molecule has 0 amide bonds. The Morgan fingerprint density at radius 3 is 2.39 bits per heavy atom. The number of hydrogen-bond acceptors (Lipinski definition) is 2. The Kier molecular flexibility index (Phi) is 7.92. The monoisotopic (exact) mass is 392 g/mol. The molecule has 0 aromatic carbocycles. The summed E-state index contributed by atoms with van der Waals surface area (Å²) in [6.45, 7) is 5.84. The average Bonchev–Trinajstić information content (AvgIpc) is 2.83. The fourth-order valence-corrected chi connectivity index (χ4v) is 5.79. The summed E-state index contributed by atoms with van der Waals surface area (Å²) >= 11 is -0.648. The third-order valence-corrected chi connectivity index (χ3v) is 6.90. The predicted octanol–water partition coefficient (Wildman–Crippen LogP) is -0.875. The molecule has 1 atom stereocenters. The van der Waals surface area contributed by atoms with Crippen LogP contribution in [0, 0.1) is 5.41 Å². The van der Waals surface area contributed by atoms with Gasteiger partial charge in [-0.1, -0.05) is 0 Å². The smallest absolute Gasteiger partial charge is 1.00 e. The van der Waals surface area contributed by atoms with Crippen LogP contribution in [0.3, 0.4) is 0 Å². The van der Waals surface area contributed by atoms with Crippen LogP contribution in [0.25, 0.3) is 0 Å². The van der Waals surface area contributed by atoms with Crippen molar-refractivity contribution in [2.75, 3.05) is 0 Å². The summed E-state index contributed by atoms with van der Waals surface area (Å²) in [4.78, 5) is 12.0. The summed E-state index contributed by atoms with van der Waals surface area (Å²) in [5.41, 5.74) is 6.45. The van der Waals surface area contributed by atoms with E-state index < -0.39 is 19.5 Å². The van der Waals surface area contributed by atoms with E-state index in [1.54, 1.807) is 22.3 Å². The minimum absolute atomic E-state index is 0. The van der Waals surface area contributed by atoms with Gasteiger partial charge in [-0.05, 0) is 0 Å². The number of carbonyl (C=O) groups excluding carboxylic acids is 1. The van der Waals surface area contributed by atoms with Crippen LogP contribution in [0.2, 0.25) is 4.22 Å². The summed E-state index contributed by atoms with van der Waals surface area (Å²) in [6, 6.07) is 0. The van der Waals surface area contributed by atoms with Crippen LogP contribution in [0.5, 0.6) is 0 Å². The molecule has 23 heavy (non-hydrogen) atoms. The van der Waals surface area contributed by atoms with Crippen molar-refractivity contribution < 1.29 is 52.5 Å². The second-order valence-electron chi connectivity index (χ2n) is 7.67. The van der Waals surface area contributed by atoms with Gasteiger partial charge in [0.1, 0.15) is 0 Å². The Labute approximate surface area is 162 Å². The quantitative estimate of drug-likeness (QED) is 0.571. The zero-order valence-electron chi connectivity index (χ0n) is 14.3. The van der Waals surface area contributed by atoms with E-state index in [1.165, 1.54) is 51.4 Å². The van der Waals surface area contributed by atoms with E-state index in [1.807, 2.05) is 20.8 Å². The molecule has 0 aliphatic heterocycles. The molecular formula is C18H26Cl2O2Ti. The number of halogens is 2. The first-order valence-corrected chi connectivity index (χ1v) is 9.90. The van der Waals surface area contributed by atoms with Crippen LogP contribution in [0.1, 0.15) is 72.1 Å². The Bertz CT molecular complexity index is 518. The SMILES string of the molecule is CC(C)(C)C(=O)[O][Ti+2][CH]1CCCC2=C1CC1=C2CCCC1.[Cl-].[Cl-]. The van der Waals surface area contributed by atoms with Crippen LogP contribution in [0.15, 0.2) is 22.3 Å². The molecule has 128 valence electrons. The molecule has 0 spiro atoms. The van der Waals surface area contributed by atoms with E-state index in [2.05, 4.69) is 0 Å². The molecule has 2 nitrogen and oxygen atoms in total. The maximum Gasteiger partial charge on any atom is -1.00 e. The van der Waals surface area contributed by atoms with Crippen LogP contribution < -0.4 is 24.8 Å². The Morgan fingerprint density at radius 1 is 1.04 bits per heavy atom. The fraction of sp³-hybridized carbons (Fsp3) is 0.722. The number of fused-ring (bicyclic) bond motifs is 1. The van der Waals surface area contributed by atoms with E-state index >= 15 is 0 Å². The fourth-order valence-electron chi connectivity index (χ4n) is 3.77. The van der Waals surface area contributed by atoms with Gasteiger partial charge >= 0.3 is 138 Å². The van der Waals surface area contributed by atoms with Crippen molar-refractivity contribution in [3.05, 3.63) is 22.3 Å². The number of allylic oxidation sites excluding steroid dienone is 4. The van der Waals surface area contributed by atoms with Gasteiger partial charge in [-0.2, -0.15) is 0 Å². The van der Waals surface area contributed by atoms with Gasteiger partial charge < -0.3 is 24.8 Å². The van der Waals surface area contributed by atoms with Gasteiger partial charge in [0.15, 0.2) is 0 Å². The molecule has 1 unspecified atom stereocenters. The maximum absolute atomic E-state index is 12.0. The number of carbonyl (C=O) groups is 1. The summed E-state index contributed by atoms with van der Waals surface area (Å²) in [7, 11) is 0. The van der Waals surface area contributed by atoms with Crippen molar-refractivity contribution in [2.24, 2.45) is 5.41 Å². The first-order chi connectivity index (χ1) is 9.97. The molecule has 0 aromatic heterocycles. The largest absolute Gasteiger partial charge is 1.00 e. The molecule has 3 aliphatic carbocycles. The molecule has 3 aliphatic rings. The molecule has 0 bridgehead atoms. The minimum Gasteiger partial charge on any atom is -1.00 e. The molecule has 5 heteroatoms. The summed E-state index contributed by atoms with van der Waals surface area (Å²) < 4.78 is 6.34. The van der Waals surface area contributed by atoms with E-state index in [0.717, 1.165) is 0 Å². The van der Waals surface area contributed by atoms with E-state index in [4.69, 9.17) is 3.32 Å². The van der Waals surface area contributed by atoms with Crippen molar-refractivity contribution in [2.45, 2.75) is 76.4 Å². The van der Waals surface area contributed by atoms with Crippen molar-refractivity contribution in [3.63, 3.8) is 0 Å². The molecule has 0 radical (unpaired) electrons. The third-order valence-electron chi connectivity index (χ3n) is 4.98. The number of hydrogen-bond donors (Lipinski definition) is 0. The second-order valence-corrected chi connectivity index (χ2v) is 9.45. The maximum atomic E-state index is 12.0. The zero-order valence-corrected chi connectivity index (χ0v) is 17.4. The standard InChI is InChI=1S/C13H17.C5H10O2.2ClH.Ti/c1-3-7-12-10(5-1)9-11-6-2-4-8-13(11)12;1-5(2,3)4(6)7;;;/h5H,1-4,6-9H2;1-3H3,(H,6,7);2*1H;/q;;;;+3/p-3. The molecular weight excluding hydrogens is 367 g/mol. The predicted molar refractivity (Wildman–Crippen MR) is 80.3 cm³/mol. The Hall–Kier alpha value is 0.244. The van der Waals surface area contributed by atoms with Crippen molar-refractivity contribution >= 4 is 5.97 Å². The van der Waals surface area contributed by atoms with Gasteiger partial charge in [0, 0.05) is 0 Å². The molecule has 0 saturated carbocycles. The number of rotatable bonds is 2. The third kappa shape index (κ3) is 4.66. The van der Waals surface area contributed by atoms with Gasteiger partial charge in [-0.25, -0.2) is 0 Å². The summed E-state index contributed by atoms with van der Waals surface area (Å²) in [5.74, 6) is -0.00839. The van der Waals surface area contributed by atoms with Crippen LogP contribution >= 0.6 is 0 Å². The van der Waals surface area contributed by atoms with Gasteiger partial charge in [0.25, 0.3) is 0 Å². The van der Waals surface area contributed by atoms with Crippen LogP contribution in [-0.4, -0.2) is 5.97 Å². The van der Waals surface area contributed by atoms with Crippen molar-refractivity contribution in [1.29, 1.82) is 0 Å². The van der Waals surface area contributed by atoms with E-state index in [9.17, 15) is 4.79 Å². The molecule has 3 rings (SSSR count). The molecule has 0 aromatic rings. The van der Waals surface area contributed by atoms with E-state index in [-0.39, 0.29) is 36.2 Å². The van der Waals surface area contributed by atoms with Crippen LogP contribution in [0.4, 0.5) is 0 Å². The topological polar surface area (TPSA) is 26.3 Å². The first kappa shape index (κ1) is 21.3. The second kappa shape index (κ2) is 8.56. The summed E-state index contributed by atoms with van der Waals surface area (Å²) in [6.07, 6.45) is 10.4. The van der Waals surface area contributed by atoms with E-state index in [0.29, 0.717) is 4.22 Å².